The third kappa shape index (κ3) is 2.31. The third-order valence-corrected chi connectivity index (χ3v) is 3.54. The van der Waals surface area contributed by atoms with E-state index in [0.29, 0.717) is 0 Å². The number of imidazole rings is 1. The Balaban J connectivity index is 1.77. The van der Waals surface area contributed by atoms with Crippen molar-refractivity contribution in [2.45, 2.75) is 10.6 Å². The third-order valence-electron chi connectivity index (χ3n) is 2.48. The SMILES string of the molecule is c1ccc(SCc2c[n+]3cccnc3[nH]2)cc1. The minimum absolute atomic E-state index is 0.885. The lowest BCUT2D eigenvalue weighted by Crippen LogP contribution is -2.17. The molecule has 2 aromatic heterocycles. The molecule has 0 aliphatic carbocycles. The molecule has 4 heteroatoms. The Morgan fingerprint density at radius 2 is 2.06 bits per heavy atom. The van der Waals surface area contributed by atoms with Gasteiger partial charge < -0.3 is 0 Å². The van der Waals surface area contributed by atoms with Gasteiger partial charge in [0.15, 0.2) is 0 Å². The van der Waals surface area contributed by atoms with Crippen LogP contribution in [-0.4, -0.2) is 9.97 Å². The lowest BCUT2D eigenvalue weighted by molar-refractivity contribution is -0.512. The number of fused-ring (bicyclic) bond motifs is 1. The van der Waals surface area contributed by atoms with Crippen molar-refractivity contribution >= 4 is 17.5 Å². The predicted molar refractivity (Wildman–Crippen MR) is 67.8 cm³/mol. The molecule has 17 heavy (non-hydrogen) atoms. The number of hydrogen-bond acceptors (Lipinski definition) is 2. The van der Waals surface area contributed by atoms with Gasteiger partial charge in [-0.25, -0.2) is 9.38 Å². The van der Waals surface area contributed by atoms with Gasteiger partial charge in [0.25, 0.3) is 0 Å². The van der Waals surface area contributed by atoms with Gasteiger partial charge in [-0.3, -0.25) is 0 Å². The normalized spacial score (nSPS) is 10.8. The average molecular weight is 242 g/mol. The molecule has 84 valence electrons. The van der Waals surface area contributed by atoms with E-state index in [1.807, 2.05) is 34.5 Å². The molecular formula is C13H12N3S+. The molecule has 2 heterocycles. The first kappa shape index (κ1) is 10.4. The maximum Gasteiger partial charge on any atom is 0.400 e. The summed E-state index contributed by atoms with van der Waals surface area (Å²) in [6.07, 6.45) is 5.87. The van der Waals surface area contributed by atoms with E-state index >= 15 is 0 Å². The summed E-state index contributed by atoms with van der Waals surface area (Å²) in [6.45, 7) is 0. The van der Waals surface area contributed by atoms with E-state index in [9.17, 15) is 0 Å². The molecule has 3 aromatic rings. The Hall–Kier alpha value is -1.81. The van der Waals surface area contributed by atoms with Crippen molar-refractivity contribution in [2.24, 2.45) is 0 Å². The van der Waals surface area contributed by atoms with Crippen LogP contribution in [-0.2, 0) is 5.75 Å². The van der Waals surface area contributed by atoms with E-state index in [1.165, 1.54) is 10.6 Å². The monoisotopic (exact) mass is 242 g/mol. The van der Waals surface area contributed by atoms with Crippen molar-refractivity contribution in [3.63, 3.8) is 0 Å². The summed E-state index contributed by atoms with van der Waals surface area (Å²) >= 11 is 1.82. The number of H-pyrrole nitrogens is 1. The van der Waals surface area contributed by atoms with Gasteiger partial charge in [-0.1, -0.05) is 23.2 Å². The van der Waals surface area contributed by atoms with Crippen LogP contribution in [0.2, 0.25) is 0 Å². The van der Waals surface area contributed by atoms with Crippen molar-refractivity contribution in [3.05, 3.63) is 60.7 Å². The molecule has 1 aromatic carbocycles. The molecule has 1 N–H and O–H groups in total. The molecule has 0 saturated carbocycles. The molecule has 3 rings (SSSR count). The first-order chi connectivity index (χ1) is 8.42. The summed E-state index contributed by atoms with van der Waals surface area (Å²) in [7, 11) is 0. The van der Waals surface area contributed by atoms with Crippen LogP contribution in [0.25, 0.3) is 5.78 Å². The van der Waals surface area contributed by atoms with Gasteiger partial charge in [0.05, 0.1) is 11.9 Å². The second-order valence-electron chi connectivity index (χ2n) is 3.73. The zero-order chi connectivity index (χ0) is 11.5. The number of benzene rings is 1. The van der Waals surface area contributed by atoms with Crippen LogP contribution in [0.4, 0.5) is 0 Å². The second-order valence-corrected chi connectivity index (χ2v) is 4.78. The number of aromatic nitrogens is 3. The molecule has 0 aliphatic heterocycles. The van der Waals surface area contributed by atoms with E-state index in [4.69, 9.17) is 0 Å². The lowest BCUT2D eigenvalue weighted by atomic mass is 10.4. The highest BCUT2D eigenvalue weighted by atomic mass is 32.2. The first-order valence-corrected chi connectivity index (χ1v) is 6.42. The van der Waals surface area contributed by atoms with Gasteiger partial charge in [-0.05, 0) is 12.1 Å². The Morgan fingerprint density at radius 3 is 2.88 bits per heavy atom. The molecule has 0 atom stereocenters. The van der Waals surface area contributed by atoms with Crippen LogP contribution in [0, 0.1) is 0 Å². The van der Waals surface area contributed by atoms with E-state index in [1.54, 1.807) is 6.20 Å². The fourth-order valence-corrected chi connectivity index (χ4v) is 2.50. The van der Waals surface area contributed by atoms with E-state index < -0.39 is 0 Å². The van der Waals surface area contributed by atoms with Crippen molar-refractivity contribution < 1.29 is 4.40 Å². The average Bonchev–Trinajstić information content (AvgIpc) is 2.80. The van der Waals surface area contributed by atoms with Crippen molar-refractivity contribution in [1.82, 2.24) is 9.97 Å². The van der Waals surface area contributed by atoms with E-state index in [0.717, 1.165) is 11.5 Å². The second kappa shape index (κ2) is 4.59. The molecule has 0 aliphatic rings. The fraction of sp³-hybridized carbons (Fsp3) is 0.0769. The highest BCUT2D eigenvalue weighted by Gasteiger charge is 2.07. The van der Waals surface area contributed by atoms with Gasteiger partial charge in [-0.2, -0.15) is 0 Å². The Kier molecular flexibility index (Phi) is 2.80. The maximum absolute atomic E-state index is 4.26. The first-order valence-electron chi connectivity index (χ1n) is 5.43. The largest absolute Gasteiger partial charge is 0.400 e. The Morgan fingerprint density at radius 1 is 1.18 bits per heavy atom. The maximum atomic E-state index is 4.26. The number of aromatic amines is 1. The molecule has 0 bridgehead atoms. The molecule has 0 fully saturated rings. The Labute approximate surface area is 104 Å². The molecule has 0 spiro atoms. The highest BCUT2D eigenvalue weighted by Crippen LogP contribution is 2.20. The lowest BCUT2D eigenvalue weighted by Gasteiger charge is -1.96. The summed E-state index contributed by atoms with van der Waals surface area (Å²) < 4.78 is 2.00. The zero-order valence-corrected chi connectivity index (χ0v) is 10.0. The minimum Gasteiger partial charge on any atom is -0.242 e. The van der Waals surface area contributed by atoms with Crippen LogP contribution in [0.15, 0.2) is 59.9 Å². The fourth-order valence-electron chi connectivity index (χ4n) is 1.68. The summed E-state index contributed by atoms with van der Waals surface area (Å²) in [6, 6.07) is 12.3. The number of rotatable bonds is 3. The number of thioether (sulfide) groups is 1. The summed E-state index contributed by atoms with van der Waals surface area (Å²) in [5, 5.41) is 0. The molecule has 0 amide bonds. The Bertz CT molecular complexity index is 586. The molecule has 0 saturated heterocycles. The van der Waals surface area contributed by atoms with Crippen LogP contribution >= 0.6 is 11.8 Å². The number of nitrogens with one attached hydrogen (secondary N) is 1. The van der Waals surface area contributed by atoms with Gasteiger partial charge >= 0.3 is 5.78 Å². The number of hydrogen-bond donors (Lipinski definition) is 1. The van der Waals surface area contributed by atoms with Gasteiger partial charge in [0, 0.05) is 11.0 Å². The molecule has 0 radical (unpaired) electrons. The molecule has 3 nitrogen and oxygen atoms in total. The number of nitrogens with zero attached hydrogens (tertiary/aromatic N) is 2. The van der Waals surface area contributed by atoms with Gasteiger partial charge in [-0.15, -0.1) is 11.8 Å². The van der Waals surface area contributed by atoms with Crippen molar-refractivity contribution in [1.29, 1.82) is 0 Å². The van der Waals surface area contributed by atoms with Gasteiger partial charge in [0.2, 0.25) is 0 Å². The van der Waals surface area contributed by atoms with Crippen LogP contribution in [0.1, 0.15) is 5.69 Å². The van der Waals surface area contributed by atoms with Crippen LogP contribution < -0.4 is 4.40 Å². The van der Waals surface area contributed by atoms with Crippen LogP contribution in [0.3, 0.4) is 0 Å². The topological polar surface area (TPSA) is 32.8 Å². The summed E-state index contributed by atoms with van der Waals surface area (Å²) in [5.41, 5.74) is 1.18. The highest BCUT2D eigenvalue weighted by molar-refractivity contribution is 7.98. The summed E-state index contributed by atoms with van der Waals surface area (Å²) in [5.74, 6) is 1.81. The van der Waals surface area contributed by atoms with Crippen molar-refractivity contribution in [2.75, 3.05) is 0 Å². The minimum atomic E-state index is 0.885. The predicted octanol–water partition coefficient (Wildman–Crippen LogP) is 2.44. The van der Waals surface area contributed by atoms with E-state index in [2.05, 4.69) is 40.4 Å². The molecular weight excluding hydrogens is 230 g/mol. The quantitative estimate of drug-likeness (QED) is 0.565. The molecule has 0 unspecified atom stereocenters. The van der Waals surface area contributed by atoms with Gasteiger partial charge in [0.1, 0.15) is 18.1 Å². The standard InChI is InChI=1S/C13H11N3S/c1-2-5-12(6-3-1)17-10-11-9-16-8-4-7-14-13(16)15-11/h1-9H,10H2/p+1. The summed E-state index contributed by atoms with van der Waals surface area (Å²) in [4.78, 5) is 8.83. The zero-order valence-electron chi connectivity index (χ0n) is 9.21. The van der Waals surface area contributed by atoms with Crippen LogP contribution in [0.5, 0.6) is 0 Å². The smallest absolute Gasteiger partial charge is 0.242 e. The van der Waals surface area contributed by atoms with E-state index in [-0.39, 0.29) is 0 Å². The van der Waals surface area contributed by atoms with Crippen molar-refractivity contribution in [3.8, 4) is 0 Å².